The lowest BCUT2D eigenvalue weighted by Gasteiger charge is -2.31. The molecule has 1 amide bonds. The highest BCUT2D eigenvalue weighted by Crippen LogP contribution is 2.25. The molecule has 0 atom stereocenters. The number of piperidine rings is 1. The number of carbonyl (C=O) groups is 1. The number of likely N-dealkylation sites (tertiary alicyclic amines) is 1. The van der Waals surface area contributed by atoms with Crippen LogP contribution in [0.3, 0.4) is 0 Å². The van der Waals surface area contributed by atoms with E-state index in [2.05, 4.69) is 20.4 Å². The van der Waals surface area contributed by atoms with Crippen molar-refractivity contribution in [1.29, 1.82) is 0 Å². The molecule has 1 aromatic heterocycles. The minimum absolute atomic E-state index is 0.0388. The molecule has 1 saturated heterocycles. The van der Waals surface area contributed by atoms with Crippen molar-refractivity contribution in [3.8, 4) is 0 Å². The first-order valence-corrected chi connectivity index (χ1v) is 8.24. The van der Waals surface area contributed by atoms with Crippen LogP contribution in [0.25, 0.3) is 0 Å². The standard InChI is InChI=1S/C18H22N4O2/c1-13-3-2-4-15(11-13)18(24)19-12-22-9-7-14(8-10-22)16-5-6-17(23)21-20-16/h2-6,11,14H,7-10,12H2,1H3,(H,19,24)(H,21,23). The van der Waals surface area contributed by atoms with Crippen LogP contribution in [0.15, 0.2) is 41.2 Å². The first-order valence-electron chi connectivity index (χ1n) is 8.24. The molecule has 1 fully saturated rings. The molecule has 2 heterocycles. The Balaban J connectivity index is 1.48. The summed E-state index contributed by atoms with van der Waals surface area (Å²) in [6.45, 7) is 4.34. The number of benzene rings is 1. The van der Waals surface area contributed by atoms with Crippen LogP contribution < -0.4 is 10.9 Å². The summed E-state index contributed by atoms with van der Waals surface area (Å²) in [6.07, 6.45) is 1.94. The molecule has 24 heavy (non-hydrogen) atoms. The summed E-state index contributed by atoms with van der Waals surface area (Å²) in [5.74, 6) is 0.327. The minimum atomic E-state index is -0.171. The van der Waals surface area contributed by atoms with Gasteiger partial charge in [0.2, 0.25) is 0 Å². The minimum Gasteiger partial charge on any atom is -0.339 e. The fourth-order valence-corrected chi connectivity index (χ4v) is 3.04. The van der Waals surface area contributed by atoms with Crippen LogP contribution in [-0.4, -0.2) is 40.8 Å². The number of rotatable bonds is 4. The van der Waals surface area contributed by atoms with Crippen molar-refractivity contribution in [1.82, 2.24) is 20.4 Å². The Hall–Kier alpha value is -2.47. The van der Waals surface area contributed by atoms with Gasteiger partial charge in [0.25, 0.3) is 11.5 Å². The molecule has 0 radical (unpaired) electrons. The van der Waals surface area contributed by atoms with Crippen LogP contribution >= 0.6 is 0 Å². The molecule has 1 aliphatic rings. The van der Waals surface area contributed by atoms with Gasteiger partial charge in [-0.3, -0.25) is 14.5 Å². The van der Waals surface area contributed by atoms with Crippen molar-refractivity contribution in [3.05, 3.63) is 63.6 Å². The van der Waals surface area contributed by atoms with Gasteiger partial charge < -0.3 is 5.32 Å². The normalized spacial score (nSPS) is 16.0. The summed E-state index contributed by atoms with van der Waals surface area (Å²) < 4.78 is 0. The smallest absolute Gasteiger partial charge is 0.264 e. The van der Waals surface area contributed by atoms with E-state index < -0.39 is 0 Å². The topological polar surface area (TPSA) is 78.1 Å². The van der Waals surface area contributed by atoms with Crippen molar-refractivity contribution in [2.24, 2.45) is 0 Å². The molecule has 6 heteroatoms. The number of aromatic amines is 1. The van der Waals surface area contributed by atoms with Gasteiger partial charge in [0, 0.05) is 30.6 Å². The van der Waals surface area contributed by atoms with Crippen LogP contribution in [0.2, 0.25) is 0 Å². The summed E-state index contributed by atoms with van der Waals surface area (Å²) in [6, 6.07) is 10.9. The van der Waals surface area contributed by atoms with Gasteiger partial charge in [-0.05, 0) is 38.0 Å². The summed E-state index contributed by atoms with van der Waals surface area (Å²) in [5, 5.41) is 9.60. The predicted molar refractivity (Wildman–Crippen MR) is 91.9 cm³/mol. The molecule has 2 aromatic rings. The highest BCUT2D eigenvalue weighted by molar-refractivity contribution is 5.94. The SMILES string of the molecule is Cc1cccc(C(=O)NCN2CCC(c3ccc(=O)[nH]n3)CC2)c1. The number of nitrogens with one attached hydrogen (secondary N) is 2. The second-order valence-corrected chi connectivity index (χ2v) is 6.27. The number of aromatic nitrogens is 2. The number of amides is 1. The quantitative estimate of drug-likeness (QED) is 0.895. The molecule has 0 unspecified atom stereocenters. The van der Waals surface area contributed by atoms with Crippen LogP contribution in [0.4, 0.5) is 0 Å². The lowest BCUT2D eigenvalue weighted by molar-refractivity contribution is 0.0910. The van der Waals surface area contributed by atoms with Crippen molar-refractivity contribution in [2.75, 3.05) is 19.8 Å². The second kappa shape index (κ2) is 7.40. The van der Waals surface area contributed by atoms with E-state index in [1.165, 1.54) is 6.07 Å². The third-order valence-electron chi connectivity index (χ3n) is 4.45. The fourth-order valence-electron chi connectivity index (χ4n) is 3.04. The Bertz CT molecular complexity index is 743. The van der Waals surface area contributed by atoms with Crippen molar-refractivity contribution in [3.63, 3.8) is 0 Å². The van der Waals surface area contributed by atoms with Crippen LogP contribution in [-0.2, 0) is 0 Å². The highest BCUT2D eigenvalue weighted by Gasteiger charge is 2.22. The van der Waals surface area contributed by atoms with Gasteiger partial charge in [-0.15, -0.1) is 0 Å². The maximum atomic E-state index is 12.2. The predicted octanol–water partition coefficient (Wildman–Crippen LogP) is 1.65. The largest absolute Gasteiger partial charge is 0.339 e. The van der Waals surface area contributed by atoms with Gasteiger partial charge in [0.05, 0.1) is 12.4 Å². The lowest BCUT2D eigenvalue weighted by atomic mass is 9.93. The van der Waals surface area contributed by atoms with Gasteiger partial charge in [0.1, 0.15) is 0 Å². The van der Waals surface area contributed by atoms with E-state index >= 15 is 0 Å². The van der Waals surface area contributed by atoms with Crippen molar-refractivity contribution >= 4 is 5.91 Å². The van der Waals surface area contributed by atoms with E-state index in [-0.39, 0.29) is 11.5 Å². The zero-order valence-corrected chi connectivity index (χ0v) is 13.8. The molecule has 6 nitrogen and oxygen atoms in total. The molecular weight excluding hydrogens is 304 g/mol. The Morgan fingerprint density at radius 3 is 2.75 bits per heavy atom. The number of hydrogen-bond donors (Lipinski definition) is 2. The van der Waals surface area contributed by atoms with Crippen LogP contribution in [0.1, 0.15) is 40.4 Å². The van der Waals surface area contributed by atoms with Crippen molar-refractivity contribution in [2.45, 2.75) is 25.7 Å². The van der Waals surface area contributed by atoms with E-state index in [9.17, 15) is 9.59 Å². The Morgan fingerprint density at radius 2 is 2.08 bits per heavy atom. The third kappa shape index (κ3) is 4.08. The summed E-state index contributed by atoms with van der Waals surface area (Å²) >= 11 is 0. The molecule has 2 N–H and O–H groups in total. The Kier molecular flexibility index (Phi) is 5.05. The van der Waals surface area contributed by atoms with E-state index in [0.29, 0.717) is 18.2 Å². The van der Waals surface area contributed by atoms with E-state index in [1.807, 2.05) is 31.2 Å². The molecule has 0 aliphatic carbocycles. The van der Waals surface area contributed by atoms with E-state index in [4.69, 9.17) is 0 Å². The monoisotopic (exact) mass is 326 g/mol. The maximum Gasteiger partial charge on any atom is 0.264 e. The molecule has 1 aromatic carbocycles. The first kappa shape index (κ1) is 16.4. The zero-order valence-electron chi connectivity index (χ0n) is 13.8. The van der Waals surface area contributed by atoms with Gasteiger partial charge in [-0.25, -0.2) is 5.10 Å². The number of hydrogen-bond acceptors (Lipinski definition) is 4. The van der Waals surface area contributed by atoms with Gasteiger partial charge in [0.15, 0.2) is 0 Å². The Morgan fingerprint density at radius 1 is 1.29 bits per heavy atom. The number of aryl methyl sites for hydroxylation is 1. The molecule has 126 valence electrons. The summed E-state index contributed by atoms with van der Waals surface area (Å²) in [7, 11) is 0. The third-order valence-corrected chi connectivity index (χ3v) is 4.45. The highest BCUT2D eigenvalue weighted by atomic mass is 16.1. The summed E-state index contributed by atoms with van der Waals surface area (Å²) in [5.41, 5.74) is 2.55. The molecular formula is C18H22N4O2. The first-order chi connectivity index (χ1) is 11.6. The molecule has 0 bridgehead atoms. The van der Waals surface area contributed by atoms with Gasteiger partial charge in [-0.2, -0.15) is 5.10 Å². The Labute approximate surface area is 140 Å². The van der Waals surface area contributed by atoms with Gasteiger partial charge in [-0.1, -0.05) is 17.7 Å². The lowest BCUT2D eigenvalue weighted by Crippen LogP contribution is -2.41. The summed E-state index contributed by atoms with van der Waals surface area (Å²) in [4.78, 5) is 25.5. The van der Waals surface area contributed by atoms with E-state index in [1.54, 1.807) is 6.07 Å². The number of nitrogens with zero attached hydrogens (tertiary/aromatic N) is 2. The zero-order chi connectivity index (χ0) is 16.9. The molecule has 0 saturated carbocycles. The number of H-pyrrole nitrogens is 1. The van der Waals surface area contributed by atoms with Crippen molar-refractivity contribution < 1.29 is 4.79 Å². The average molecular weight is 326 g/mol. The van der Waals surface area contributed by atoms with Gasteiger partial charge >= 0.3 is 0 Å². The molecule has 3 rings (SSSR count). The molecule has 1 aliphatic heterocycles. The van der Waals surface area contributed by atoms with Crippen LogP contribution in [0, 0.1) is 6.92 Å². The van der Waals surface area contributed by atoms with E-state index in [0.717, 1.165) is 37.2 Å². The van der Waals surface area contributed by atoms with Crippen LogP contribution in [0.5, 0.6) is 0 Å². The maximum absolute atomic E-state index is 12.2. The number of carbonyl (C=O) groups excluding carboxylic acids is 1. The molecule has 0 spiro atoms. The average Bonchev–Trinajstić information content (AvgIpc) is 2.61. The fraction of sp³-hybridized carbons (Fsp3) is 0.389. The second-order valence-electron chi connectivity index (χ2n) is 6.27.